The van der Waals surface area contributed by atoms with Gasteiger partial charge in [0.1, 0.15) is 11.5 Å². The number of amides is 1. The Morgan fingerprint density at radius 2 is 1.73 bits per heavy atom. The number of aromatic nitrogens is 1. The van der Waals surface area contributed by atoms with E-state index in [1.807, 2.05) is 43.5 Å². The summed E-state index contributed by atoms with van der Waals surface area (Å²) in [6, 6.07) is 18.8. The molecule has 4 rings (SSSR count). The highest BCUT2D eigenvalue weighted by Crippen LogP contribution is 2.32. The number of nitrogens with one attached hydrogen (secondary N) is 2. The lowest BCUT2D eigenvalue weighted by Crippen LogP contribution is -2.17. The molecule has 7 nitrogen and oxygen atoms in total. The summed E-state index contributed by atoms with van der Waals surface area (Å²) in [7, 11) is 0. The van der Waals surface area contributed by atoms with Gasteiger partial charge in [-0.25, -0.2) is 10.4 Å². The zero-order chi connectivity index (χ0) is 26.2. The number of hydrazone groups is 1. The number of rotatable bonds is 10. The third-order valence-electron chi connectivity index (χ3n) is 5.28. The quantitative estimate of drug-likeness (QED) is 0.168. The van der Waals surface area contributed by atoms with Crippen LogP contribution in [0.3, 0.4) is 0 Å². The molecule has 0 aliphatic rings. The van der Waals surface area contributed by atoms with Gasteiger partial charge in [-0.05, 0) is 51.1 Å². The molecule has 0 spiro atoms. The maximum atomic E-state index is 12.6. The van der Waals surface area contributed by atoms with Crippen LogP contribution in [0, 0.1) is 6.92 Å². The van der Waals surface area contributed by atoms with Crippen LogP contribution in [-0.2, 0) is 0 Å². The summed E-state index contributed by atoms with van der Waals surface area (Å²) in [6.07, 6.45) is 1.50. The van der Waals surface area contributed by atoms with Crippen molar-refractivity contribution in [3.8, 4) is 22.8 Å². The largest absolute Gasteiger partial charge is 0.493 e. The van der Waals surface area contributed by atoms with E-state index in [9.17, 15) is 4.79 Å². The molecule has 4 aromatic rings. The van der Waals surface area contributed by atoms with E-state index >= 15 is 0 Å². The first-order valence-corrected chi connectivity index (χ1v) is 13.0. The monoisotopic (exact) mass is 534 g/mol. The minimum absolute atomic E-state index is 0.335. The number of anilines is 2. The molecule has 0 fully saturated rings. The molecule has 0 unspecified atom stereocenters. The Morgan fingerprint density at radius 1 is 1.03 bits per heavy atom. The number of halogens is 1. The summed E-state index contributed by atoms with van der Waals surface area (Å²) in [6.45, 7) is 6.77. The highest BCUT2D eigenvalue weighted by Gasteiger charge is 2.11. The molecule has 3 aromatic carbocycles. The molecule has 37 heavy (non-hydrogen) atoms. The van der Waals surface area contributed by atoms with Gasteiger partial charge in [-0.3, -0.25) is 4.79 Å². The number of carbonyl (C=O) groups excluding carboxylic acids is 1. The number of carbonyl (C=O) groups is 1. The standard InChI is InChI=1S/C28H27ClN4O3S/c1-4-35-25-15-26(36-5-2)23(29)14-21(25)16-30-33-27(34)20-10-8-19(9-11-20)24-17-37-28(32-24)31-22-12-6-18(3)7-13-22/h6-17H,4-5H2,1-3H3,(H,31,32)(H,33,34)/b30-16-. The van der Waals surface area contributed by atoms with E-state index in [4.69, 9.17) is 21.1 Å². The van der Waals surface area contributed by atoms with E-state index in [2.05, 4.69) is 39.9 Å². The van der Waals surface area contributed by atoms with Crippen molar-refractivity contribution in [1.82, 2.24) is 10.4 Å². The Hall–Kier alpha value is -3.88. The average Bonchev–Trinajstić information content (AvgIpc) is 3.36. The Balaban J connectivity index is 1.39. The van der Waals surface area contributed by atoms with Crippen LogP contribution in [0.4, 0.5) is 10.8 Å². The van der Waals surface area contributed by atoms with Crippen LogP contribution in [0.1, 0.15) is 35.3 Å². The molecule has 0 radical (unpaired) electrons. The molecule has 0 saturated carbocycles. The number of ether oxygens (including phenoxy) is 2. The lowest BCUT2D eigenvalue weighted by molar-refractivity contribution is 0.0955. The molecule has 0 atom stereocenters. The second-order valence-electron chi connectivity index (χ2n) is 7.99. The fourth-order valence-corrected chi connectivity index (χ4v) is 4.41. The third-order valence-corrected chi connectivity index (χ3v) is 6.34. The first kappa shape index (κ1) is 26.2. The van der Waals surface area contributed by atoms with Gasteiger partial charge in [-0.1, -0.05) is 41.4 Å². The maximum Gasteiger partial charge on any atom is 0.271 e. The van der Waals surface area contributed by atoms with Gasteiger partial charge < -0.3 is 14.8 Å². The maximum absolute atomic E-state index is 12.6. The topological polar surface area (TPSA) is 84.8 Å². The number of hydrogen-bond donors (Lipinski definition) is 2. The summed E-state index contributed by atoms with van der Waals surface area (Å²) in [5, 5.41) is 10.6. The van der Waals surface area contributed by atoms with E-state index < -0.39 is 0 Å². The zero-order valence-corrected chi connectivity index (χ0v) is 22.3. The lowest BCUT2D eigenvalue weighted by atomic mass is 10.1. The average molecular weight is 535 g/mol. The summed E-state index contributed by atoms with van der Waals surface area (Å²) < 4.78 is 11.2. The van der Waals surface area contributed by atoms with Crippen LogP contribution < -0.4 is 20.2 Å². The number of hydrogen-bond acceptors (Lipinski definition) is 7. The molecule has 0 saturated heterocycles. The molecule has 1 heterocycles. The summed E-state index contributed by atoms with van der Waals surface area (Å²) in [5.41, 5.74) is 7.59. The predicted molar refractivity (Wildman–Crippen MR) is 151 cm³/mol. The van der Waals surface area contributed by atoms with Gasteiger partial charge >= 0.3 is 0 Å². The van der Waals surface area contributed by atoms with Crippen LogP contribution in [0.5, 0.6) is 11.5 Å². The van der Waals surface area contributed by atoms with Crippen LogP contribution >= 0.6 is 22.9 Å². The molecule has 0 aliphatic heterocycles. The smallest absolute Gasteiger partial charge is 0.271 e. The first-order valence-electron chi connectivity index (χ1n) is 11.8. The van der Waals surface area contributed by atoms with Crippen molar-refractivity contribution >= 4 is 45.9 Å². The highest BCUT2D eigenvalue weighted by molar-refractivity contribution is 7.14. The fraction of sp³-hybridized carbons (Fsp3) is 0.179. The Morgan fingerprint density at radius 3 is 2.43 bits per heavy atom. The molecule has 2 N–H and O–H groups in total. The molecule has 1 aromatic heterocycles. The molecule has 0 aliphatic carbocycles. The van der Waals surface area contributed by atoms with Crippen molar-refractivity contribution in [3.63, 3.8) is 0 Å². The van der Waals surface area contributed by atoms with Crippen molar-refractivity contribution in [2.75, 3.05) is 18.5 Å². The highest BCUT2D eigenvalue weighted by atomic mass is 35.5. The van der Waals surface area contributed by atoms with Gasteiger partial charge in [0.2, 0.25) is 0 Å². The van der Waals surface area contributed by atoms with E-state index in [-0.39, 0.29) is 5.91 Å². The zero-order valence-electron chi connectivity index (χ0n) is 20.7. The van der Waals surface area contributed by atoms with E-state index in [1.54, 1.807) is 24.3 Å². The fourth-order valence-electron chi connectivity index (χ4n) is 3.44. The SMILES string of the molecule is CCOc1cc(OCC)c(/C=N\NC(=O)c2ccc(-c3csc(Nc4ccc(C)cc4)n3)cc2)cc1Cl. The van der Waals surface area contributed by atoms with Crippen molar-refractivity contribution in [2.45, 2.75) is 20.8 Å². The second kappa shape index (κ2) is 12.4. The Kier molecular flexibility index (Phi) is 8.77. The predicted octanol–water partition coefficient (Wildman–Crippen LogP) is 7.08. The third kappa shape index (κ3) is 6.87. The molecular formula is C28H27ClN4O3S. The van der Waals surface area contributed by atoms with E-state index in [0.717, 1.165) is 22.1 Å². The van der Waals surface area contributed by atoms with Crippen LogP contribution in [-0.4, -0.2) is 30.3 Å². The molecule has 9 heteroatoms. The Bertz CT molecular complexity index is 1390. The van der Waals surface area contributed by atoms with Crippen LogP contribution in [0.15, 0.2) is 71.1 Å². The second-order valence-corrected chi connectivity index (χ2v) is 9.26. The summed E-state index contributed by atoms with van der Waals surface area (Å²) in [4.78, 5) is 17.3. The van der Waals surface area contributed by atoms with Gasteiger partial charge in [0.15, 0.2) is 5.13 Å². The minimum Gasteiger partial charge on any atom is -0.493 e. The van der Waals surface area contributed by atoms with Crippen molar-refractivity contribution in [3.05, 3.63) is 87.8 Å². The lowest BCUT2D eigenvalue weighted by Gasteiger charge is -2.12. The number of nitrogens with zero attached hydrogens (tertiary/aromatic N) is 2. The van der Waals surface area contributed by atoms with Gasteiger partial charge in [0.25, 0.3) is 5.91 Å². The van der Waals surface area contributed by atoms with Crippen molar-refractivity contribution in [2.24, 2.45) is 5.10 Å². The van der Waals surface area contributed by atoms with Crippen molar-refractivity contribution in [1.29, 1.82) is 0 Å². The molecule has 1 amide bonds. The van der Waals surface area contributed by atoms with Gasteiger partial charge in [0.05, 0.1) is 30.1 Å². The van der Waals surface area contributed by atoms with Gasteiger partial charge in [0, 0.05) is 33.8 Å². The van der Waals surface area contributed by atoms with Crippen LogP contribution in [0.25, 0.3) is 11.3 Å². The molecule has 0 bridgehead atoms. The first-order chi connectivity index (χ1) is 18.0. The summed E-state index contributed by atoms with van der Waals surface area (Å²) >= 11 is 7.82. The molecule has 190 valence electrons. The number of thiazole rings is 1. The van der Waals surface area contributed by atoms with E-state index in [0.29, 0.717) is 40.9 Å². The summed E-state index contributed by atoms with van der Waals surface area (Å²) in [5.74, 6) is 0.766. The van der Waals surface area contributed by atoms with Gasteiger partial charge in [-0.2, -0.15) is 5.10 Å². The number of benzene rings is 3. The van der Waals surface area contributed by atoms with Crippen LogP contribution in [0.2, 0.25) is 5.02 Å². The normalized spacial score (nSPS) is 10.9. The van der Waals surface area contributed by atoms with Gasteiger partial charge in [-0.15, -0.1) is 11.3 Å². The number of aryl methyl sites for hydroxylation is 1. The minimum atomic E-state index is -0.335. The Labute approximate surface area is 225 Å². The molecular weight excluding hydrogens is 508 g/mol. The van der Waals surface area contributed by atoms with Crippen molar-refractivity contribution < 1.29 is 14.3 Å². The van der Waals surface area contributed by atoms with E-state index in [1.165, 1.54) is 23.1 Å².